The molecule has 0 saturated heterocycles. The fourth-order valence-electron chi connectivity index (χ4n) is 3.84. The summed E-state index contributed by atoms with van der Waals surface area (Å²) < 4.78 is 2.19. The second-order valence-electron chi connectivity index (χ2n) is 7.43. The summed E-state index contributed by atoms with van der Waals surface area (Å²) in [6.07, 6.45) is 1.50. The number of aromatic carboxylic acids is 1. The SMILES string of the molecule is CCNc1cc(-c2cc(NCCn3c(C)cc4cccc(Cl)c43)ncn2)ccc1C(=O)O. The third-order valence-corrected chi connectivity index (χ3v) is 5.60. The van der Waals surface area contributed by atoms with E-state index in [4.69, 9.17) is 11.6 Å². The highest BCUT2D eigenvalue weighted by molar-refractivity contribution is 6.35. The number of carboxylic acids is 1. The Labute approximate surface area is 191 Å². The average molecular weight is 450 g/mol. The van der Waals surface area contributed by atoms with Gasteiger partial charge < -0.3 is 20.3 Å². The fraction of sp³-hybridized carbons (Fsp3) is 0.208. The minimum absolute atomic E-state index is 0.232. The lowest BCUT2D eigenvalue weighted by Gasteiger charge is -2.12. The van der Waals surface area contributed by atoms with Crippen molar-refractivity contribution in [2.24, 2.45) is 0 Å². The van der Waals surface area contributed by atoms with Gasteiger partial charge in [0.05, 0.1) is 21.8 Å². The molecule has 0 aliphatic heterocycles. The number of nitrogens with one attached hydrogen (secondary N) is 2. The normalized spacial score (nSPS) is 11.0. The molecule has 0 atom stereocenters. The average Bonchev–Trinajstić information content (AvgIpc) is 3.10. The van der Waals surface area contributed by atoms with Crippen LogP contribution in [-0.4, -0.2) is 38.7 Å². The van der Waals surface area contributed by atoms with Gasteiger partial charge in [0.2, 0.25) is 0 Å². The Hall–Kier alpha value is -3.58. The Morgan fingerprint density at radius 2 is 1.97 bits per heavy atom. The highest BCUT2D eigenvalue weighted by Gasteiger charge is 2.12. The van der Waals surface area contributed by atoms with Crippen molar-refractivity contribution in [1.29, 1.82) is 0 Å². The molecule has 2 aromatic heterocycles. The lowest BCUT2D eigenvalue weighted by Crippen LogP contribution is -2.12. The number of carboxylic acid groups (broad SMARTS) is 1. The number of benzene rings is 2. The van der Waals surface area contributed by atoms with Crippen molar-refractivity contribution < 1.29 is 9.90 Å². The van der Waals surface area contributed by atoms with Gasteiger partial charge in [-0.2, -0.15) is 0 Å². The van der Waals surface area contributed by atoms with E-state index in [0.29, 0.717) is 30.3 Å². The molecule has 0 aliphatic rings. The molecular weight excluding hydrogens is 426 g/mol. The maximum atomic E-state index is 11.5. The number of rotatable bonds is 8. The first-order valence-corrected chi connectivity index (χ1v) is 10.8. The van der Waals surface area contributed by atoms with Crippen LogP contribution in [-0.2, 0) is 6.54 Å². The molecule has 4 rings (SSSR count). The molecule has 7 nitrogen and oxygen atoms in total. The third-order valence-electron chi connectivity index (χ3n) is 5.30. The van der Waals surface area contributed by atoms with Crippen molar-refractivity contribution in [2.75, 3.05) is 23.7 Å². The fourth-order valence-corrected chi connectivity index (χ4v) is 4.12. The molecule has 0 fully saturated rings. The Bertz CT molecular complexity index is 1280. The summed E-state index contributed by atoms with van der Waals surface area (Å²) in [6.45, 7) is 6.01. The van der Waals surface area contributed by atoms with Gasteiger partial charge in [-0.3, -0.25) is 0 Å². The van der Waals surface area contributed by atoms with E-state index in [1.54, 1.807) is 18.2 Å². The molecule has 4 aromatic rings. The highest BCUT2D eigenvalue weighted by atomic mass is 35.5. The van der Waals surface area contributed by atoms with Crippen molar-refractivity contribution in [3.8, 4) is 11.3 Å². The van der Waals surface area contributed by atoms with Gasteiger partial charge in [0.1, 0.15) is 12.1 Å². The smallest absolute Gasteiger partial charge is 0.337 e. The first-order chi connectivity index (χ1) is 15.5. The van der Waals surface area contributed by atoms with Crippen LogP contribution >= 0.6 is 11.6 Å². The van der Waals surface area contributed by atoms with Crippen LogP contribution in [0, 0.1) is 6.92 Å². The molecule has 0 spiro atoms. The molecule has 0 amide bonds. The Morgan fingerprint density at radius 1 is 1.12 bits per heavy atom. The summed E-state index contributed by atoms with van der Waals surface area (Å²) in [7, 11) is 0. The van der Waals surface area contributed by atoms with E-state index >= 15 is 0 Å². The van der Waals surface area contributed by atoms with Crippen molar-refractivity contribution in [3.63, 3.8) is 0 Å². The lowest BCUT2D eigenvalue weighted by atomic mass is 10.1. The summed E-state index contributed by atoms with van der Waals surface area (Å²) >= 11 is 6.42. The maximum Gasteiger partial charge on any atom is 0.337 e. The molecule has 2 heterocycles. The number of anilines is 2. The molecule has 164 valence electrons. The zero-order chi connectivity index (χ0) is 22.7. The lowest BCUT2D eigenvalue weighted by molar-refractivity contribution is 0.0698. The summed E-state index contributed by atoms with van der Waals surface area (Å²) in [5.41, 5.74) is 4.51. The van der Waals surface area contributed by atoms with Crippen molar-refractivity contribution in [3.05, 3.63) is 71.1 Å². The number of aryl methyl sites for hydroxylation is 1. The van der Waals surface area contributed by atoms with Gasteiger partial charge in [0.25, 0.3) is 0 Å². The van der Waals surface area contributed by atoms with Crippen LogP contribution in [0.25, 0.3) is 22.2 Å². The summed E-state index contributed by atoms with van der Waals surface area (Å²) in [6, 6.07) is 15.1. The van der Waals surface area contributed by atoms with Crippen LogP contribution < -0.4 is 10.6 Å². The summed E-state index contributed by atoms with van der Waals surface area (Å²) in [5, 5.41) is 17.7. The number of para-hydroxylation sites is 1. The molecule has 8 heteroatoms. The summed E-state index contributed by atoms with van der Waals surface area (Å²) in [4.78, 5) is 20.1. The number of aromatic nitrogens is 3. The van der Waals surface area contributed by atoms with Crippen LogP contribution in [0.15, 0.2) is 54.9 Å². The molecule has 32 heavy (non-hydrogen) atoms. The van der Waals surface area contributed by atoms with E-state index in [2.05, 4.69) is 44.2 Å². The van der Waals surface area contributed by atoms with E-state index in [-0.39, 0.29) is 5.56 Å². The number of hydrogen-bond acceptors (Lipinski definition) is 5. The monoisotopic (exact) mass is 449 g/mol. The van der Waals surface area contributed by atoms with Crippen LogP contribution in [0.4, 0.5) is 11.5 Å². The Kier molecular flexibility index (Phi) is 6.28. The van der Waals surface area contributed by atoms with E-state index < -0.39 is 5.97 Å². The second kappa shape index (κ2) is 9.28. The standard InChI is InChI=1S/C24H24ClN5O2/c1-3-26-21-12-16(7-8-18(21)24(31)32)20-13-22(29-14-28-20)27-9-10-30-15(2)11-17-5-4-6-19(25)23(17)30/h4-8,11-14,26H,3,9-10H2,1-2H3,(H,31,32)(H,27,28,29). The van der Waals surface area contributed by atoms with Crippen LogP contribution in [0.2, 0.25) is 5.02 Å². The molecule has 3 N–H and O–H groups in total. The van der Waals surface area contributed by atoms with E-state index in [9.17, 15) is 9.90 Å². The van der Waals surface area contributed by atoms with Crippen LogP contribution in [0.5, 0.6) is 0 Å². The molecule has 0 aliphatic carbocycles. The van der Waals surface area contributed by atoms with E-state index in [1.165, 1.54) is 6.33 Å². The van der Waals surface area contributed by atoms with Crippen LogP contribution in [0.1, 0.15) is 23.0 Å². The number of nitrogens with zero attached hydrogens (tertiary/aromatic N) is 3. The van der Waals surface area contributed by atoms with Crippen molar-refractivity contribution >= 4 is 40.0 Å². The maximum absolute atomic E-state index is 11.5. The molecule has 2 aromatic carbocycles. The van der Waals surface area contributed by atoms with Gasteiger partial charge in [-0.1, -0.05) is 29.8 Å². The van der Waals surface area contributed by atoms with E-state index in [0.717, 1.165) is 33.7 Å². The van der Waals surface area contributed by atoms with Gasteiger partial charge in [0.15, 0.2) is 0 Å². The molecular formula is C24H24ClN5O2. The Balaban J connectivity index is 1.52. The molecule has 0 radical (unpaired) electrons. The van der Waals surface area contributed by atoms with Crippen molar-refractivity contribution in [1.82, 2.24) is 14.5 Å². The first kappa shape index (κ1) is 21.6. The summed E-state index contributed by atoms with van der Waals surface area (Å²) in [5.74, 6) is -0.270. The number of fused-ring (bicyclic) bond motifs is 1. The predicted molar refractivity (Wildman–Crippen MR) is 129 cm³/mol. The first-order valence-electron chi connectivity index (χ1n) is 10.4. The highest BCUT2D eigenvalue weighted by Crippen LogP contribution is 2.27. The quantitative estimate of drug-likeness (QED) is 0.338. The number of halogens is 1. The largest absolute Gasteiger partial charge is 0.478 e. The molecule has 0 unspecified atom stereocenters. The number of carbonyl (C=O) groups is 1. The minimum atomic E-state index is -0.967. The number of hydrogen-bond donors (Lipinski definition) is 3. The predicted octanol–water partition coefficient (Wildman–Crippen LogP) is 5.30. The van der Waals surface area contributed by atoms with Crippen molar-refractivity contribution in [2.45, 2.75) is 20.4 Å². The van der Waals surface area contributed by atoms with Crippen LogP contribution in [0.3, 0.4) is 0 Å². The topological polar surface area (TPSA) is 92.1 Å². The molecule has 0 bridgehead atoms. The third kappa shape index (κ3) is 4.38. The molecule has 0 saturated carbocycles. The Morgan fingerprint density at radius 3 is 2.75 bits per heavy atom. The van der Waals surface area contributed by atoms with Gasteiger partial charge in [-0.05, 0) is 38.1 Å². The minimum Gasteiger partial charge on any atom is -0.478 e. The zero-order valence-corrected chi connectivity index (χ0v) is 18.6. The zero-order valence-electron chi connectivity index (χ0n) is 17.9. The van der Waals surface area contributed by atoms with Gasteiger partial charge >= 0.3 is 5.97 Å². The van der Waals surface area contributed by atoms with Gasteiger partial charge in [0, 0.05) is 48.0 Å². The second-order valence-corrected chi connectivity index (χ2v) is 7.83. The van der Waals surface area contributed by atoms with Gasteiger partial charge in [-0.15, -0.1) is 0 Å². The van der Waals surface area contributed by atoms with Gasteiger partial charge in [-0.25, -0.2) is 14.8 Å². The van der Waals surface area contributed by atoms with E-state index in [1.807, 2.05) is 25.1 Å².